The lowest BCUT2D eigenvalue weighted by atomic mass is 10.1. The van der Waals surface area contributed by atoms with Crippen LogP contribution in [-0.2, 0) is 0 Å². The molecule has 0 bridgehead atoms. The van der Waals surface area contributed by atoms with Crippen molar-refractivity contribution in [2.45, 2.75) is 45.4 Å². The Kier molecular flexibility index (Phi) is 5.85. The van der Waals surface area contributed by atoms with E-state index in [1.807, 2.05) is 11.9 Å². The Bertz CT molecular complexity index is 466. The lowest BCUT2D eigenvalue weighted by Crippen LogP contribution is -2.33. The monoisotopic (exact) mass is 310 g/mol. The minimum absolute atomic E-state index is 0.0584. The van der Waals surface area contributed by atoms with Crippen molar-refractivity contribution in [3.63, 3.8) is 0 Å². The molecule has 0 saturated carbocycles. The zero-order valence-electron chi connectivity index (χ0n) is 13.1. The van der Waals surface area contributed by atoms with E-state index in [1.165, 1.54) is 30.6 Å². The highest BCUT2D eigenvalue weighted by atomic mass is 32.1. The van der Waals surface area contributed by atoms with Gasteiger partial charge in [0, 0.05) is 26.7 Å². The molecule has 1 aromatic rings. The summed E-state index contributed by atoms with van der Waals surface area (Å²) in [6, 6.07) is 0. The first-order valence-electron chi connectivity index (χ1n) is 7.90. The largest absolute Gasteiger partial charge is 0.382 e. The van der Waals surface area contributed by atoms with Crippen molar-refractivity contribution in [3.8, 4) is 0 Å². The molecule has 2 rings (SSSR count). The number of rotatable bonds is 4. The third-order valence-electron chi connectivity index (χ3n) is 3.87. The van der Waals surface area contributed by atoms with Crippen LogP contribution in [0.4, 0.5) is 10.9 Å². The Morgan fingerprint density at radius 3 is 2.52 bits per heavy atom. The highest BCUT2D eigenvalue weighted by molar-refractivity contribution is 7.18. The number of carbonyl (C=O) groups excluding carboxylic acids is 1. The van der Waals surface area contributed by atoms with Crippen LogP contribution >= 0.6 is 11.3 Å². The van der Waals surface area contributed by atoms with Gasteiger partial charge in [0.2, 0.25) is 0 Å². The average molecular weight is 310 g/mol. The molecule has 1 aliphatic rings. The van der Waals surface area contributed by atoms with Crippen LogP contribution in [0.25, 0.3) is 0 Å². The summed E-state index contributed by atoms with van der Waals surface area (Å²) in [6.07, 6.45) is 6.95. The Morgan fingerprint density at radius 2 is 1.90 bits per heavy atom. The number of anilines is 2. The van der Waals surface area contributed by atoms with E-state index >= 15 is 0 Å². The Balaban J connectivity index is 2.10. The summed E-state index contributed by atoms with van der Waals surface area (Å²) in [5.41, 5.74) is 5.98. The van der Waals surface area contributed by atoms with Crippen molar-refractivity contribution in [3.05, 3.63) is 4.88 Å². The molecule has 5 nitrogen and oxygen atoms in total. The van der Waals surface area contributed by atoms with Gasteiger partial charge in [0.25, 0.3) is 5.91 Å². The second-order valence-corrected chi connectivity index (χ2v) is 6.67. The maximum atomic E-state index is 12.7. The molecule has 0 atom stereocenters. The van der Waals surface area contributed by atoms with Gasteiger partial charge in [-0.05, 0) is 19.3 Å². The quantitative estimate of drug-likeness (QED) is 0.928. The molecule has 0 spiro atoms. The van der Waals surface area contributed by atoms with Crippen molar-refractivity contribution in [1.82, 2.24) is 9.88 Å². The van der Waals surface area contributed by atoms with Gasteiger partial charge in [-0.2, -0.15) is 0 Å². The minimum Gasteiger partial charge on any atom is -0.382 e. The lowest BCUT2D eigenvalue weighted by molar-refractivity contribution is 0.0748. The highest BCUT2D eigenvalue weighted by Gasteiger charge is 2.23. The van der Waals surface area contributed by atoms with Crippen molar-refractivity contribution < 1.29 is 4.79 Å². The molecule has 0 unspecified atom stereocenters. The number of hydrogen-bond donors (Lipinski definition) is 1. The van der Waals surface area contributed by atoms with Crippen LogP contribution < -0.4 is 10.6 Å². The first kappa shape index (κ1) is 16.1. The summed E-state index contributed by atoms with van der Waals surface area (Å²) in [4.78, 5) is 21.7. The molecule has 1 fully saturated rings. The Hall–Kier alpha value is -1.30. The van der Waals surface area contributed by atoms with Gasteiger partial charge in [0.15, 0.2) is 5.13 Å². The highest BCUT2D eigenvalue weighted by Crippen LogP contribution is 2.29. The van der Waals surface area contributed by atoms with Gasteiger partial charge in [-0.3, -0.25) is 4.79 Å². The minimum atomic E-state index is 0.0584. The van der Waals surface area contributed by atoms with E-state index in [-0.39, 0.29) is 5.91 Å². The summed E-state index contributed by atoms with van der Waals surface area (Å²) < 4.78 is 0. The van der Waals surface area contributed by atoms with Gasteiger partial charge in [-0.25, -0.2) is 4.98 Å². The van der Waals surface area contributed by atoms with Gasteiger partial charge < -0.3 is 15.5 Å². The molecule has 0 aromatic carbocycles. The zero-order chi connectivity index (χ0) is 15.2. The normalized spacial score (nSPS) is 16.4. The second-order valence-electron chi connectivity index (χ2n) is 5.69. The molecular formula is C15H26N4OS. The SMILES string of the molecule is CCCN(C)c1nc(N)c(C(=O)N2CCCCCCC2)s1. The van der Waals surface area contributed by atoms with Gasteiger partial charge in [-0.15, -0.1) is 0 Å². The van der Waals surface area contributed by atoms with Crippen molar-refractivity contribution in [1.29, 1.82) is 0 Å². The maximum Gasteiger partial charge on any atom is 0.267 e. The molecular weight excluding hydrogens is 284 g/mol. The van der Waals surface area contributed by atoms with Crippen molar-refractivity contribution >= 4 is 28.2 Å². The van der Waals surface area contributed by atoms with Crippen LogP contribution in [0.3, 0.4) is 0 Å². The topological polar surface area (TPSA) is 62.5 Å². The number of nitrogen functional groups attached to an aromatic ring is 1. The standard InChI is InChI=1S/C15H26N4OS/c1-3-9-18(2)15-17-13(16)12(21-15)14(20)19-10-7-5-4-6-8-11-19/h3-11,16H2,1-2H3. The molecule has 2 heterocycles. The fraction of sp³-hybridized carbons (Fsp3) is 0.733. The first-order valence-corrected chi connectivity index (χ1v) is 8.71. The molecule has 2 N–H and O–H groups in total. The third kappa shape index (κ3) is 4.09. The van der Waals surface area contributed by atoms with Crippen molar-refractivity contribution in [2.75, 3.05) is 37.3 Å². The van der Waals surface area contributed by atoms with E-state index < -0.39 is 0 Å². The number of carbonyl (C=O) groups is 1. The van der Waals surface area contributed by atoms with Crippen LogP contribution in [0.1, 0.15) is 55.1 Å². The van der Waals surface area contributed by atoms with E-state index in [4.69, 9.17) is 5.73 Å². The van der Waals surface area contributed by atoms with E-state index in [0.29, 0.717) is 10.7 Å². The summed E-state index contributed by atoms with van der Waals surface area (Å²) in [7, 11) is 1.99. The van der Waals surface area contributed by atoms with Crippen LogP contribution in [0.2, 0.25) is 0 Å². The summed E-state index contributed by atoms with van der Waals surface area (Å²) >= 11 is 1.42. The van der Waals surface area contributed by atoms with E-state index in [1.54, 1.807) is 0 Å². The molecule has 1 saturated heterocycles. The fourth-order valence-electron chi connectivity index (χ4n) is 2.66. The Labute approximate surface area is 131 Å². The number of nitrogens with two attached hydrogens (primary N) is 1. The molecule has 21 heavy (non-hydrogen) atoms. The maximum absolute atomic E-state index is 12.7. The zero-order valence-corrected chi connectivity index (χ0v) is 13.9. The summed E-state index contributed by atoms with van der Waals surface area (Å²) in [5.74, 6) is 0.438. The Morgan fingerprint density at radius 1 is 1.29 bits per heavy atom. The molecule has 118 valence electrons. The predicted octanol–water partition coefficient (Wildman–Crippen LogP) is 2.98. The van der Waals surface area contributed by atoms with E-state index in [9.17, 15) is 4.79 Å². The smallest absolute Gasteiger partial charge is 0.267 e. The average Bonchev–Trinajstić information content (AvgIpc) is 2.80. The second kappa shape index (κ2) is 7.64. The van der Waals surface area contributed by atoms with Gasteiger partial charge >= 0.3 is 0 Å². The number of amides is 1. The van der Waals surface area contributed by atoms with Gasteiger partial charge in [-0.1, -0.05) is 37.5 Å². The van der Waals surface area contributed by atoms with Gasteiger partial charge in [0.05, 0.1) is 0 Å². The van der Waals surface area contributed by atoms with Crippen LogP contribution in [-0.4, -0.2) is 42.5 Å². The molecule has 0 radical (unpaired) electrons. The first-order chi connectivity index (χ1) is 10.1. The van der Waals surface area contributed by atoms with Crippen LogP contribution in [0.15, 0.2) is 0 Å². The van der Waals surface area contributed by atoms with Gasteiger partial charge in [0.1, 0.15) is 10.7 Å². The van der Waals surface area contributed by atoms with E-state index in [2.05, 4.69) is 16.8 Å². The summed E-state index contributed by atoms with van der Waals surface area (Å²) in [6.45, 7) is 4.73. The van der Waals surface area contributed by atoms with Crippen molar-refractivity contribution in [2.24, 2.45) is 0 Å². The number of nitrogens with zero attached hydrogens (tertiary/aromatic N) is 3. The molecule has 0 aliphatic carbocycles. The number of thiazole rings is 1. The predicted molar refractivity (Wildman–Crippen MR) is 89.1 cm³/mol. The lowest BCUT2D eigenvalue weighted by Gasteiger charge is -2.24. The molecule has 1 aromatic heterocycles. The number of aromatic nitrogens is 1. The van der Waals surface area contributed by atoms with Crippen LogP contribution in [0.5, 0.6) is 0 Å². The molecule has 1 amide bonds. The number of likely N-dealkylation sites (tertiary alicyclic amines) is 1. The molecule has 1 aliphatic heterocycles. The van der Waals surface area contributed by atoms with Crippen LogP contribution in [0, 0.1) is 0 Å². The number of hydrogen-bond acceptors (Lipinski definition) is 5. The molecule has 6 heteroatoms. The van der Waals surface area contributed by atoms with E-state index in [0.717, 1.165) is 44.0 Å². The summed E-state index contributed by atoms with van der Waals surface area (Å²) in [5, 5.41) is 0.838. The fourth-order valence-corrected chi connectivity index (χ4v) is 3.60. The third-order valence-corrected chi connectivity index (χ3v) is 5.04.